The number of nitro benzene ring substituents is 1. The number of benzene rings is 1. The van der Waals surface area contributed by atoms with Gasteiger partial charge in [-0.1, -0.05) is 13.8 Å². The molecule has 0 unspecified atom stereocenters. The number of fused-ring (bicyclic) bond motifs is 1. The van der Waals surface area contributed by atoms with Crippen LogP contribution in [0.3, 0.4) is 0 Å². The van der Waals surface area contributed by atoms with Crippen LogP contribution in [-0.4, -0.2) is 82.8 Å². The number of carbonyl (C=O) groups is 3. The van der Waals surface area contributed by atoms with Gasteiger partial charge in [0.05, 0.1) is 37.0 Å². The third-order valence-corrected chi connectivity index (χ3v) is 6.68. The molecule has 0 spiro atoms. The summed E-state index contributed by atoms with van der Waals surface area (Å²) in [7, 11) is 0. The molecule has 14 heteroatoms. The molecule has 1 N–H and O–H groups in total. The number of hydrogen-bond acceptors (Lipinski definition) is 10. The number of aromatic nitrogens is 2. The highest BCUT2D eigenvalue weighted by atomic mass is 16.6. The van der Waals surface area contributed by atoms with Gasteiger partial charge in [0.15, 0.2) is 0 Å². The molecule has 222 valence electrons. The van der Waals surface area contributed by atoms with Gasteiger partial charge in [0.2, 0.25) is 0 Å². The number of ether oxygens (including phenoxy) is 3. The van der Waals surface area contributed by atoms with Crippen molar-refractivity contribution in [1.82, 2.24) is 14.7 Å². The van der Waals surface area contributed by atoms with Crippen LogP contribution in [0.25, 0.3) is 0 Å². The minimum absolute atomic E-state index is 0.0131. The van der Waals surface area contributed by atoms with Crippen molar-refractivity contribution in [3.63, 3.8) is 0 Å². The molecule has 2 amide bonds. The number of nitro groups is 1. The van der Waals surface area contributed by atoms with Crippen LogP contribution >= 0.6 is 0 Å². The average Bonchev–Trinajstić information content (AvgIpc) is 3.27. The Morgan fingerprint density at radius 1 is 1.17 bits per heavy atom. The maximum atomic E-state index is 13.6. The summed E-state index contributed by atoms with van der Waals surface area (Å²) in [5, 5.41) is 19.1. The van der Waals surface area contributed by atoms with Crippen LogP contribution in [0.1, 0.15) is 63.2 Å². The molecule has 0 atom stereocenters. The highest BCUT2D eigenvalue weighted by molar-refractivity contribution is 6.08. The van der Waals surface area contributed by atoms with Crippen LogP contribution in [-0.2, 0) is 26.2 Å². The van der Waals surface area contributed by atoms with Gasteiger partial charge in [0.25, 0.3) is 11.6 Å². The van der Waals surface area contributed by atoms with Gasteiger partial charge in [-0.3, -0.25) is 14.9 Å². The van der Waals surface area contributed by atoms with Gasteiger partial charge < -0.3 is 29.3 Å². The second-order valence-electron chi connectivity index (χ2n) is 11.5. The fraction of sp³-hybridized carbons (Fsp3) is 0.556. The SMILES string of the molecule is CCOC(=O)n1nc2c(c1NC(=O)c1ccc(N3CCOCC3)cc1[N+](=O)[O-])CN(C(=O)OC(C)(C)C)CC2(C)C. The monoisotopic (exact) mass is 572 g/mol. The van der Waals surface area contributed by atoms with Gasteiger partial charge in [-0.15, -0.1) is 4.68 Å². The van der Waals surface area contributed by atoms with E-state index >= 15 is 0 Å². The van der Waals surface area contributed by atoms with Crippen LogP contribution in [0, 0.1) is 10.1 Å². The molecular formula is C27H36N6O8. The number of carbonyl (C=O) groups excluding carboxylic acids is 3. The molecule has 14 nitrogen and oxygen atoms in total. The lowest BCUT2D eigenvalue weighted by atomic mass is 9.83. The van der Waals surface area contributed by atoms with Crippen molar-refractivity contribution in [2.75, 3.05) is 49.7 Å². The maximum Gasteiger partial charge on any atom is 0.436 e. The molecule has 0 saturated carbocycles. The number of rotatable bonds is 5. The van der Waals surface area contributed by atoms with E-state index in [4.69, 9.17) is 14.2 Å². The fourth-order valence-corrected chi connectivity index (χ4v) is 4.90. The van der Waals surface area contributed by atoms with Crippen LogP contribution in [0.15, 0.2) is 18.2 Å². The molecule has 1 saturated heterocycles. The third kappa shape index (κ3) is 6.42. The molecule has 1 aromatic heterocycles. The quantitative estimate of drug-likeness (QED) is 0.411. The molecule has 1 aromatic carbocycles. The first-order chi connectivity index (χ1) is 19.2. The van der Waals surface area contributed by atoms with E-state index in [9.17, 15) is 24.5 Å². The van der Waals surface area contributed by atoms with E-state index in [1.54, 1.807) is 33.8 Å². The Morgan fingerprint density at radius 3 is 2.46 bits per heavy atom. The lowest BCUT2D eigenvalue weighted by molar-refractivity contribution is -0.385. The first-order valence-corrected chi connectivity index (χ1v) is 13.4. The van der Waals surface area contributed by atoms with E-state index in [-0.39, 0.29) is 31.1 Å². The van der Waals surface area contributed by atoms with Gasteiger partial charge in [0, 0.05) is 42.4 Å². The molecule has 2 aromatic rings. The molecule has 41 heavy (non-hydrogen) atoms. The lowest BCUT2D eigenvalue weighted by Crippen LogP contribution is -2.47. The Bertz CT molecular complexity index is 1360. The Balaban J connectivity index is 1.73. The molecule has 0 radical (unpaired) electrons. The molecule has 2 aliphatic heterocycles. The molecule has 1 fully saturated rings. The van der Waals surface area contributed by atoms with E-state index in [0.717, 1.165) is 4.68 Å². The summed E-state index contributed by atoms with van der Waals surface area (Å²) in [6, 6.07) is 4.37. The third-order valence-electron chi connectivity index (χ3n) is 6.68. The van der Waals surface area contributed by atoms with E-state index < -0.39 is 39.7 Å². The Kier molecular flexibility index (Phi) is 8.24. The van der Waals surface area contributed by atoms with Crippen molar-refractivity contribution < 1.29 is 33.5 Å². The Hall–Kier alpha value is -4.20. The number of morpholine rings is 1. The van der Waals surface area contributed by atoms with Crippen LogP contribution in [0.2, 0.25) is 0 Å². The second kappa shape index (κ2) is 11.4. The smallest absolute Gasteiger partial charge is 0.436 e. The predicted molar refractivity (Wildman–Crippen MR) is 148 cm³/mol. The van der Waals surface area contributed by atoms with E-state index in [1.807, 2.05) is 18.7 Å². The Labute approximate surface area is 237 Å². The van der Waals surface area contributed by atoms with Crippen molar-refractivity contribution in [3.8, 4) is 0 Å². The highest BCUT2D eigenvalue weighted by Crippen LogP contribution is 2.38. The lowest BCUT2D eigenvalue weighted by Gasteiger charge is -2.37. The van der Waals surface area contributed by atoms with Gasteiger partial charge in [-0.05, 0) is 39.8 Å². The summed E-state index contributed by atoms with van der Waals surface area (Å²) in [6.45, 7) is 13.0. The molecule has 0 aliphatic carbocycles. The summed E-state index contributed by atoms with van der Waals surface area (Å²) in [5.74, 6) is -0.845. The average molecular weight is 573 g/mol. The largest absolute Gasteiger partial charge is 0.448 e. The normalized spacial score (nSPS) is 16.5. The van der Waals surface area contributed by atoms with Crippen LogP contribution in [0.4, 0.5) is 26.8 Å². The van der Waals surface area contributed by atoms with Crippen molar-refractivity contribution in [2.24, 2.45) is 0 Å². The highest BCUT2D eigenvalue weighted by Gasteiger charge is 2.42. The van der Waals surface area contributed by atoms with Gasteiger partial charge >= 0.3 is 12.2 Å². The predicted octanol–water partition coefficient (Wildman–Crippen LogP) is 3.91. The van der Waals surface area contributed by atoms with E-state index in [0.29, 0.717) is 43.2 Å². The number of hydrogen-bond donors (Lipinski definition) is 1. The first kappa shape index (κ1) is 29.8. The summed E-state index contributed by atoms with van der Waals surface area (Å²) < 4.78 is 17.0. The van der Waals surface area contributed by atoms with Crippen molar-refractivity contribution >= 4 is 35.3 Å². The summed E-state index contributed by atoms with van der Waals surface area (Å²) in [4.78, 5) is 54.3. The van der Waals surface area contributed by atoms with Gasteiger partial charge in [-0.25, -0.2) is 9.59 Å². The topological polar surface area (TPSA) is 158 Å². The zero-order valence-corrected chi connectivity index (χ0v) is 24.2. The molecule has 0 bridgehead atoms. The van der Waals surface area contributed by atoms with Crippen molar-refractivity contribution in [1.29, 1.82) is 0 Å². The molecule has 3 heterocycles. The van der Waals surface area contributed by atoms with Crippen LogP contribution < -0.4 is 10.2 Å². The van der Waals surface area contributed by atoms with Gasteiger partial charge in [0.1, 0.15) is 17.0 Å². The Morgan fingerprint density at radius 2 is 1.85 bits per heavy atom. The molecular weight excluding hydrogens is 536 g/mol. The summed E-state index contributed by atoms with van der Waals surface area (Å²) in [5.41, 5.74) is -0.568. The zero-order valence-electron chi connectivity index (χ0n) is 24.2. The van der Waals surface area contributed by atoms with Crippen LogP contribution in [0.5, 0.6) is 0 Å². The minimum atomic E-state index is -0.839. The van der Waals surface area contributed by atoms with Crippen molar-refractivity contribution in [2.45, 2.75) is 59.1 Å². The first-order valence-electron chi connectivity index (χ1n) is 13.4. The number of nitrogens with one attached hydrogen (secondary N) is 1. The molecule has 2 aliphatic rings. The second-order valence-corrected chi connectivity index (χ2v) is 11.5. The minimum Gasteiger partial charge on any atom is -0.448 e. The van der Waals surface area contributed by atoms with Gasteiger partial charge in [-0.2, -0.15) is 5.10 Å². The standard InChI is InChI=1S/C27H36N6O8/c1-7-40-25(36)32-22(19-15-31(24(35)41-26(2,3)4)16-27(5,6)21(19)29-32)28-23(34)18-9-8-17(14-20(18)33(37)38)30-10-12-39-13-11-30/h8-9,14H,7,10-13,15-16H2,1-6H3,(H,28,34). The summed E-state index contributed by atoms with van der Waals surface area (Å²) in [6.07, 6.45) is -1.40. The number of amides is 2. The fourth-order valence-electron chi connectivity index (χ4n) is 4.90. The molecule has 4 rings (SSSR count). The maximum absolute atomic E-state index is 13.6. The zero-order chi connectivity index (χ0) is 30.1. The number of anilines is 2. The van der Waals surface area contributed by atoms with E-state index in [1.165, 1.54) is 17.0 Å². The summed E-state index contributed by atoms with van der Waals surface area (Å²) >= 11 is 0. The number of nitrogens with zero attached hydrogens (tertiary/aromatic N) is 5. The van der Waals surface area contributed by atoms with E-state index in [2.05, 4.69) is 10.4 Å². The van der Waals surface area contributed by atoms with Crippen molar-refractivity contribution in [3.05, 3.63) is 45.1 Å².